The Morgan fingerprint density at radius 2 is 1.96 bits per heavy atom. The van der Waals surface area contributed by atoms with Gasteiger partial charge in [-0.25, -0.2) is 0 Å². The monoisotopic (exact) mass is 341 g/mol. The van der Waals surface area contributed by atoms with Crippen LogP contribution in [0.25, 0.3) is 0 Å². The molecule has 0 bridgehead atoms. The molecule has 0 N–H and O–H groups in total. The second-order valence-electron chi connectivity index (χ2n) is 6.55. The zero-order valence-electron chi connectivity index (χ0n) is 15.1. The van der Waals surface area contributed by atoms with Gasteiger partial charge in [0.15, 0.2) is 0 Å². The number of aromatic nitrogens is 2. The van der Waals surface area contributed by atoms with Crippen LogP contribution >= 0.6 is 0 Å². The van der Waals surface area contributed by atoms with Crippen LogP contribution in [0.15, 0.2) is 30.5 Å². The van der Waals surface area contributed by atoms with Crippen LogP contribution in [0.4, 0.5) is 11.4 Å². The fourth-order valence-electron chi connectivity index (χ4n) is 3.03. The molecule has 2 amide bonds. The summed E-state index contributed by atoms with van der Waals surface area (Å²) in [5, 5.41) is 4.07. The number of aryl methyl sites for hydroxylation is 1. The maximum atomic E-state index is 12.8. The van der Waals surface area contributed by atoms with E-state index in [2.05, 4.69) is 5.10 Å². The third kappa shape index (κ3) is 3.28. The number of likely N-dealkylation sites (N-methyl/N-ethyl adjacent to an activating group) is 2. The standard InChI is InChI=1S/C18H23N5O2/c1-20(2)12-17(24)21(3)14-6-5-13-8-10-23(16(13)11-14)18(25)15-7-9-19-22(15)4/h5-7,9,11H,8,10,12H2,1-4H3. The number of anilines is 2. The predicted octanol–water partition coefficient (Wildman–Crippen LogP) is 1.15. The molecule has 1 aliphatic rings. The molecule has 1 aromatic heterocycles. The molecule has 3 rings (SSSR count). The lowest BCUT2D eigenvalue weighted by Crippen LogP contribution is -2.35. The normalized spacial score (nSPS) is 13.2. The summed E-state index contributed by atoms with van der Waals surface area (Å²) in [7, 11) is 7.25. The van der Waals surface area contributed by atoms with Gasteiger partial charge in [0.25, 0.3) is 5.91 Å². The zero-order chi connectivity index (χ0) is 18.1. The molecule has 2 heterocycles. The maximum Gasteiger partial charge on any atom is 0.276 e. The number of rotatable bonds is 4. The molecule has 0 saturated heterocycles. The van der Waals surface area contributed by atoms with E-state index >= 15 is 0 Å². The first kappa shape index (κ1) is 17.2. The molecule has 0 spiro atoms. The number of benzene rings is 1. The van der Waals surface area contributed by atoms with Crippen LogP contribution in [0.1, 0.15) is 16.1 Å². The summed E-state index contributed by atoms with van der Waals surface area (Å²) >= 11 is 0. The Labute approximate surface area is 147 Å². The minimum absolute atomic E-state index is 0.00691. The third-order valence-corrected chi connectivity index (χ3v) is 4.46. The summed E-state index contributed by atoms with van der Waals surface area (Å²) in [6.07, 6.45) is 2.43. The summed E-state index contributed by atoms with van der Waals surface area (Å²) < 4.78 is 1.58. The summed E-state index contributed by atoms with van der Waals surface area (Å²) in [4.78, 5) is 30.4. The highest BCUT2D eigenvalue weighted by Crippen LogP contribution is 2.33. The van der Waals surface area contributed by atoms with Crippen molar-refractivity contribution >= 4 is 23.2 Å². The molecule has 0 atom stereocenters. The molecule has 132 valence electrons. The van der Waals surface area contributed by atoms with Crippen molar-refractivity contribution in [2.24, 2.45) is 7.05 Å². The number of carbonyl (C=O) groups excluding carboxylic acids is 2. The average Bonchev–Trinajstić information content (AvgIpc) is 3.18. The highest BCUT2D eigenvalue weighted by Gasteiger charge is 2.28. The van der Waals surface area contributed by atoms with Crippen molar-refractivity contribution in [3.8, 4) is 0 Å². The van der Waals surface area contributed by atoms with Crippen molar-refractivity contribution in [3.63, 3.8) is 0 Å². The van der Waals surface area contributed by atoms with Gasteiger partial charge in [0.05, 0.1) is 6.54 Å². The van der Waals surface area contributed by atoms with Crippen LogP contribution in [0.2, 0.25) is 0 Å². The van der Waals surface area contributed by atoms with E-state index in [1.807, 2.05) is 37.2 Å². The molecule has 7 nitrogen and oxygen atoms in total. The van der Waals surface area contributed by atoms with E-state index in [9.17, 15) is 9.59 Å². The number of fused-ring (bicyclic) bond motifs is 1. The number of hydrogen-bond acceptors (Lipinski definition) is 4. The summed E-state index contributed by atoms with van der Waals surface area (Å²) in [5.41, 5.74) is 3.33. The van der Waals surface area contributed by atoms with Crippen molar-refractivity contribution < 1.29 is 9.59 Å². The first-order valence-electron chi connectivity index (χ1n) is 8.22. The van der Waals surface area contributed by atoms with Crippen molar-refractivity contribution in [1.29, 1.82) is 0 Å². The molecular formula is C18H23N5O2. The topological polar surface area (TPSA) is 61.7 Å². The fourth-order valence-corrected chi connectivity index (χ4v) is 3.03. The number of hydrogen-bond donors (Lipinski definition) is 0. The van der Waals surface area contributed by atoms with E-state index in [-0.39, 0.29) is 11.8 Å². The lowest BCUT2D eigenvalue weighted by molar-refractivity contribution is -0.118. The van der Waals surface area contributed by atoms with Crippen LogP contribution in [-0.4, -0.2) is 60.7 Å². The zero-order valence-corrected chi connectivity index (χ0v) is 15.1. The second-order valence-corrected chi connectivity index (χ2v) is 6.55. The van der Waals surface area contributed by atoms with Gasteiger partial charge < -0.3 is 14.7 Å². The first-order valence-corrected chi connectivity index (χ1v) is 8.22. The SMILES string of the molecule is CN(C)CC(=O)N(C)c1ccc2c(c1)N(C(=O)c1ccnn1C)CC2. The van der Waals surface area contributed by atoms with Crippen molar-refractivity contribution in [2.75, 3.05) is 44.0 Å². The van der Waals surface area contributed by atoms with Gasteiger partial charge in [0.1, 0.15) is 5.69 Å². The highest BCUT2D eigenvalue weighted by atomic mass is 16.2. The van der Waals surface area contributed by atoms with E-state index in [0.29, 0.717) is 18.8 Å². The molecule has 0 radical (unpaired) electrons. The van der Waals surface area contributed by atoms with Crippen LogP contribution in [0, 0.1) is 0 Å². The summed E-state index contributed by atoms with van der Waals surface area (Å²) in [6.45, 7) is 0.976. The highest BCUT2D eigenvalue weighted by molar-refractivity contribution is 6.06. The second kappa shape index (κ2) is 6.68. The van der Waals surface area contributed by atoms with E-state index < -0.39 is 0 Å². The van der Waals surface area contributed by atoms with Gasteiger partial charge in [-0.3, -0.25) is 14.3 Å². The Hall–Kier alpha value is -2.67. The third-order valence-electron chi connectivity index (χ3n) is 4.46. The maximum absolute atomic E-state index is 12.8. The van der Waals surface area contributed by atoms with E-state index in [1.54, 1.807) is 40.8 Å². The first-order chi connectivity index (χ1) is 11.9. The van der Waals surface area contributed by atoms with E-state index in [4.69, 9.17) is 0 Å². The number of amides is 2. The van der Waals surface area contributed by atoms with Crippen LogP contribution in [-0.2, 0) is 18.3 Å². The van der Waals surface area contributed by atoms with Gasteiger partial charge in [0.2, 0.25) is 5.91 Å². The fraction of sp³-hybridized carbons (Fsp3) is 0.389. The smallest absolute Gasteiger partial charge is 0.276 e. The summed E-state index contributed by atoms with van der Waals surface area (Å²) in [6, 6.07) is 7.58. The minimum Gasteiger partial charge on any atom is -0.314 e. The molecule has 0 aliphatic carbocycles. The molecule has 0 unspecified atom stereocenters. The van der Waals surface area contributed by atoms with Crippen LogP contribution in [0.3, 0.4) is 0 Å². The molecule has 2 aromatic rings. The van der Waals surface area contributed by atoms with Gasteiger partial charge in [-0.2, -0.15) is 5.10 Å². The molecular weight excluding hydrogens is 318 g/mol. The molecule has 25 heavy (non-hydrogen) atoms. The molecule has 1 aliphatic heterocycles. The number of nitrogens with zero attached hydrogens (tertiary/aromatic N) is 5. The van der Waals surface area contributed by atoms with Gasteiger partial charge in [-0.05, 0) is 44.3 Å². The lowest BCUT2D eigenvalue weighted by Gasteiger charge is -2.22. The molecule has 1 aromatic carbocycles. The van der Waals surface area contributed by atoms with Gasteiger partial charge >= 0.3 is 0 Å². The molecule has 0 saturated carbocycles. The lowest BCUT2D eigenvalue weighted by atomic mass is 10.1. The van der Waals surface area contributed by atoms with E-state index in [0.717, 1.165) is 23.4 Å². The number of carbonyl (C=O) groups is 2. The van der Waals surface area contributed by atoms with Crippen LogP contribution in [0.5, 0.6) is 0 Å². The Bertz CT molecular complexity index is 812. The van der Waals surface area contributed by atoms with Crippen molar-refractivity contribution in [1.82, 2.24) is 14.7 Å². The molecule has 7 heteroatoms. The Morgan fingerprint density at radius 3 is 2.60 bits per heavy atom. The van der Waals surface area contributed by atoms with Crippen molar-refractivity contribution in [2.45, 2.75) is 6.42 Å². The van der Waals surface area contributed by atoms with Gasteiger partial charge in [0, 0.05) is 38.2 Å². The van der Waals surface area contributed by atoms with Gasteiger partial charge in [-0.15, -0.1) is 0 Å². The average molecular weight is 341 g/mol. The molecule has 0 fully saturated rings. The quantitative estimate of drug-likeness (QED) is 0.837. The minimum atomic E-state index is -0.0711. The Balaban J connectivity index is 1.88. The van der Waals surface area contributed by atoms with Crippen molar-refractivity contribution in [3.05, 3.63) is 41.7 Å². The van der Waals surface area contributed by atoms with Gasteiger partial charge in [-0.1, -0.05) is 6.07 Å². The van der Waals surface area contributed by atoms with E-state index in [1.165, 1.54) is 0 Å². The summed E-state index contributed by atoms with van der Waals surface area (Å²) in [5.74, 6) is -0.0642. The largest absolute Gasteiger partial charge is 0.314 e. The Morgan fingerprint density at radius 1 is 1.20 bits per heavy atom. The van der Waals surface area contributed by atoms with Crippen LogP contribution < -0.4 is 9.80 Å². The Kier molecular flexibility index (Phi) is 4.59. The predicted molar refractivity (Wildman–Crippen MR) is 97.0 cm³/mol.